The molecule has 1 aromatic carbocycles. The van der Waals surface area contributed by atoms with Gasteiger partial charge in [0.2, 0.25) is 5.82 Å². The normalized spacial score (nSPS) is 26.8. The first-order valence-electron chi connectivity index (χ1n) is 11.8. The SMILES string of the molecule is C[C@H]1[C@@H](c2ccc(F)c(F)c2OC2CCOCC2)[C@H](C(=O)Nc2ccc(CO)nc2)O[C@@]1(C)C(F)(F)F. The van der Waals surface area contributed by atoms with E-state index in [-0.39, 0.29) is 17.9 Å². The molecule has 2 aliphatic rings. The predicted octanol–water partition coefficient (Wildman–Crippen LogP) is 4.49. The van der Waals surface area contributed by atoms with E-state index in [2.05, 4.69) is 10.3 Å². The van der Waals surface area contributed by atoms with E-state index in [1.54, 1.807) is 0 Å². The lowest BCUT2D eigenvalue weighted by molar-refractivity contribution is -0.272. The summed E-state index contributed by atoms with van der Waals surface area (Å²) in [6, 6.07) is 4.78. The molecule has 0 unspecified atom stereocenters. The van der Waals surface area contributed by atoms with Crippen LogP contribution in [0.2, 0.25) is 0 Å². The predicted molar refractivity (Wildman–Crippen MR) is 121 cm³/mol. The molecule has 7 nitrogen and oxygen atoms in total. The second-order valence-electron chi connectivity index (χ2n) is 9.35. The molecule has 4 atom stereocenters. The molecule has 0 bridgehead atoms. The summed E-state index contributed by atoms with van der Waals surface area (Å²) in [5.74, 6) is -6.75. The van der Waals surface area contributed by atoms with Crippen molar-refractivity contribution in [2.45, 2.75) is 63.2 Å². The van der Waals surface area contributed by atoms with E-state index in [1.165, 1.54) is 25.3 Å². The van der Waals surface area contributed by atoms with Gasteiger partial charge in [-0.25, -0.2) is 4.39 Å². The van der Waals surface area contributed by atoms with Crippen LogP contribution in [0, 0.1) is 17.6 Å². The zero-order valence-corrected chi connectivity index (χ0v) is 20.1. The molecule has 1 amide bonds. The molecule has 3 heterocycles. The first kappa shape index (κ1) is 27.2. The van der Waals surface area contributed by atoms with Crippen LogP contribution in [0.3, 0.4) is 0 Å². The fourth-order valence-corrected chi connectivity index (χ4v) is 4.72. The fraction of sp³-hybridized carbons (Fsp3) is 0.520. The van der Waals surface area contributed by atoms with Crippen LogP contribution in [0.4, 0.5) is 27.6 Å². The zero-order chi connectivity index (χ0) is 27.0. The number of hydrogen-bond acceptors (Lipinski definition) is 6. The highest BCUT2D eigenvalue weighted by atomic mass is 19.4. The first-order chi connectivity index (χ1) is 17.5. The molecule has 2 aliphatic heterocycles. The number of amides is 1. The van der Waals surface area contributed by atoms with Gasteiger partial charge < -0.3 is 24.6 Å². The molecule has 2 saturated heterocycles. The maximum absolute atomic E-state index is 15.0. The van der Waals surface area contributed by atoms with Crippen LogP contribution in [-0.2, 0) is 20.9 Å². The van der Waals surface area contributed by atoms with Gasteiger partial charge in [0.05, 0.1) is 37.4 Å². The Morgan fingerprint density at radius 3 is 2.51 bits per heavy atom. The second kappa shape index (κ2) is 10.5. The van der Waals surface area contributed by atoms with E-state index in [4.69, 9.17) is 19.3 Å². The standard InChI is InChI=1S/C25H27F5N2O5/c1-13-19(17-5-6-18(26)20(27)21(17)36-16-7-9-35-10-8-16)22(37-24(13,2)25(28,29)30)23(34)32-14-3-4-15(12-33)31-11-14/h3-6,11,13,16,19,22,33H,7-10,12H2,1-2H3,(H,32,34)/t13-,19-,22+,24+/m0/s1. The van der Waals surface area contributed by atoms with Gasteiger partial charge >= 0.3 is 6.18 Å². The largest absolute Gasteiger partial charge is 0.487 e. The summed E-state index contributed by atoms with van der Waals surface area (Å²) < 4.78 is 88.3. The number of pyridine rings is 1. The summed E-state index contributed by atoms with van der Waals surface area (Å²) in [6.07, 6.45) is -5.14. The van der Waals surface area contributed by atoms with Gasteiger partial charge in [0.25, 0.3) is 5.91 Å². The Kier molecular flexibility index (Phi) is 7.72. The molecule has 202 valence electrons. The van der Waals surface area contributed by atoms with Gasteiger partial charge in [-0.2, -0.15) is 17.6 Å². The van der Waals surface area contributed by atoms with Crippen LogP contribution in [0.15, 0.2) is 30.5 Å². The van der Waals surface area contributed by atoms with Crippen molar-refractivity contribution in [1.82, 2.24) is 4.98 Å². The molecular weight excluding hydrogens is 503 g/mol. The number of nitrogens with one attached hydrogen (secondary N) is 1. The molecule has 2 N–H and O–H groups in total. The number of benzene rings is 1. The van der Waals surface area contributed by atoms with Crippen molar-refractivity contribution < 1.29 is 46.1 Å². The van der Waals surface area contributed by atoms with Crippen LogP contribution in [0.1, 0.15) is 43.9 Å². The summed E-state index contributed by atoms with van der Waals surface area (Å²) >= 11 is 0. The third-order valence-electron chi connectivity index (χ3n) is 7.07. The molecule has 12 heteroatoms. The van der Waals surface area contributed by atoms with Crippen molar-refractivity contribution in [2.75, 3.05) is 18.5 Å². The topological polar surface area (TPSA) is 89.9 Å². The highest BCUT2D eigenvalue weighted by molar-refractivity contribution is 5.95. The van der Waals surface area contributed by atoms with Crippen LogP contribution in [0.5, 0.6) is 5.75 Å². The van der Waals surface area contributed by atoms with Crippen LogP contribution >= 0.6 is 0 Å². The Balaban J connectivity index is 1.74. The van der Waals surface area contributed by atoms with Gasteiger partial charge in [0, 0.05) is 30.2 Å². The van der Waals surface area contributed by atoms with Crippen molar-refractivity contribution in [3.8, 4) is 5.75 Å². The van der Waals surface area contributed by atoms with Gasteiger partial charge in [0.15, 0.2) is 17.2 Å². The number of aliphatic hydroxyl groups is 1. The Morgan fingerprint density at radius 1 is 1.22 bits per heavy atom. The molecule has 0 spiro atoms. The highest BCUT2D eigenvalue weighted by Gasteiger charge is 2.66. The lowest BCUT2D eigenvalue weighted by Gasteiger charge is -2.32. The van der Waals surface area contributed by atoms with Crippen molar-refractivity contribution in [3.63, 3.8) is 0 Å². The number of aromatic nitrogens is 1. The summed E-state index contributed by atoms with van der Waals surface area (Å²) in [6.45, 7) is 2.41. The summed E-state index contributed by atoms with van der Waals surface area (Å²) in [4.78, 5) is 17.2. The van der Waals surface area contributed by atoms with Gasteiger partial charge in [-0.05, 0) is 25.1 Å². The number of hydrogen-bond donors (Lipinski definition) is 2. The molecule has 4 rings (SSSR count). The van der Waals surface area contributed by atoms with E-state index in [9.17, 15) is 22.4 Å². The van der Waals surface area contributed by atoms with Crippen molar-refractivity contribution in [1.29, 1.82) is 0 Å². The maximum Gasteiger partial charge on any atom is 0.417 e. The number of rotatable bonds is 6. The maximum atomic E-state index is 15.0. The third-order valence-corrected chi connectivity index (χ3v) is 7.07. The number of anilines is 1. The molecule has 0 saturated carbocycles. The number of ether oxygens (including phenoxy) is 3. The number of carbonyl (C=O) groups excluding carboxylic acids is 1. The first-order valence-corrected chi connectivity index (χ1v) is 11.8. The monoisotopic (exact) mass is 530 g/mol. The van der Waals surface area contributed by atoms with Crippen LogP contribution in [-0.4, -0.2) is 53.2 Å². The van der Waals surface area contributed by atoms with Crippen molar-refractivity contribution >= 4 is 11.6 Å². The number of halogens is 5. The Morgan fingerprint density at radius 2 is 1.92 bits per heavy atom. The minimum Gasteiger partial charge on any atom is -0.487 e. The zero-order valence-electron chi connectivity index (χ0n) is 20.1. The number of aliphatic hydroxyl groups excluding tert-OH is 1. The lowest BCUT2D eigenvalue weighted by atomic mass is 9.77. The summed E-state index contributed by atoms with van der Waals surface area (Å²) in [5, 5.41) is 11.6. The number of carbonyl (C=O) groups is 1. The van der Waals surface area contributed by atoms with Gasteiger partial charge in [-0.3, -0.25) is 9.78 Å². The average molecular weight is 530 g/mol. The smallest absolute Gasteiger partial charge is 0.417 e. The minimum absolute atomic E-state index is 0.0974. The average Bonchev–Trinajstić information content (AvgIpc) is 3.15. The molecule has 37 heavy (non-hydrogen) atoms. The Labute approximate surface area is 209 Å². The molecule has 1 aromatic heterocycles. The van der Waals surface area contributed by atoms with E-state index in [0.29, 0.717) is 31.7 Å². The van der Waals surface area contributed by atoms with E-state index < -0.39 is 59.1 Å². The van der Waals surface area contributed by atoms with E-state index >= 15 is 4.39 Å². The van der Waals surface area contributed by atoms with Crippen molar-refractivity contribution in [2.24, 2.45) is 5.92 Å². The van der Waals surface area contributed by atoms with Gasteiger partial charge in [0.1, 0.15) is 12.2 Å². The highest BCUT2D eigenvalue weighted by Crippen LogP contribution is 2.55. The molecule has 2 aromatic rings. The van der Waals surface area contributed by atoms with Gasteiger partial charge in [-0.15, -0.1) is 0 Å². The summed E-state index contributed by atoms with van der Waals surface area (Å²) in [5.41, 5.74) is -2.39. The second-order valence-corrected chi connectivity index (χ2v) is 9.35. The van der Waals surface area contributed by atoms with Crippen LogP contribution in [0.25, 0.3) is 0 Å². The van der Waals surface area contributed by atoms with Crippen LogP contribution < -0.4 is 10.1 Å². The fourth-order valence-electron chi connectivity index (χ4n) is 4.72. The molecule has 2 fully saturated rings. The number of nitrogens with zero attached hydrogens (tertiary/aromatic N) is 1. The van der Waals surface area contributed by atoms with Gasteiger partial charge in [-0.1, -0.05) is 13.0 Å². The molecule has 0 radical (unpaired) electrons. The van der Waals surface area contributed by atoms with E-state index in [1.807, 2.05) is 0 Å². The minimum atomic E-state index is -4.87. The quantitative estimate of drug-likeness (QED) is 0.536. The van der Waals surface area contributed by atoms with E-state index in [0.717, 1.165) is 19.1 Å². The van der Waals surface area contributed by atoms with Crippen molar-refractivity contribution in [3.05, 3.63) is 53.4 Å². The number of alkyl halides is 3. The molecular formula is C25H27F5N2O5. The summed E-state index contributed by atoms with van der Waals surface area (Å²) in [7, 11) is 0. The Hall–Kier alpha value is -2.83. The lowest BCUT2D eigenvalue weighted by Crippen LogP contribution is -2.47. The molecule has 0 aliphatic carbocycles. The Bertz CT molecular complexity index is 1120. The third kappa shape index (κ3) is 5.27.